The molecule has 8 heteroatoms. The van der Waals surface area contributed by atoms with Crippen molar-refractivity contribution in [1.29, 1.82) is 0 Å². The second-order valence-corrected chi connectivity index (χ2v) is 5.57. The van der Waals surface area contributed by atoms with E-state index < -0.39 is 18.0 Å². The van der Waals surface area contributed by atoms with Gasteiger partial charge < -0.3 is 13.7 Å². The zero-order valence-corrected chi connectivity index (χ0v) is 14.1. The number of rotatable bonds is 4. The van der Waals surface area contributed by atoms with Gasteiger partial charge in [0, 0.05) is 6.07 Å². The third kappa shape index (κ3) is 3.38. The molecule has 0 saturated heterocycles. The summed E-state index contributed by atoms with van der Waals surface area (Å²) in [6.45, 7) is 6.56. The first-order valence-corrected chi connectivity index (χ1v) is 7.29. The zero-order valence-electron chi connectivity index (χ0n) is 12.5. The van der Waals surface area contributed by atoms with Gasteiger partial charge in [-0.2, -0.15) is 0 Å². The van der Waals surface area contributed by atoms with Gasteiger partial charge in [0.25, 0.3) is 5.91 Å². The van der Waals surface area contributed by atoms with Gasteiger partial charge in [-0.3, -0.25) is 10.1 Å². The van der Waals surface area contributed by atoms with Crippen molar-refractivity contribution >= 4 is 33.7 Å². The summed E-state index contributed by atoms with van der Waals surface area (Å²) < 4.78 is 15.9. The predicted molar refractivity (Wildman–Crippen MR) is 80.6 cm³/mol. The topological polar surface area (TPSA) is 94.6 Å². The number of halogens is 1. The number of carbonyl (C=O) groups is 2. The lowest BCUT2D eigenvalue weighted by Crippen LogP contribution is -2.30. The molecule has 2 heterocycles. The first-order valence-electron chi connectivity index (χ1n) is 6.50. The number of amides is 1. The average molecular weight is 371 g/mol. The second-order valence-electron chi connectivity index (χ2n) is 4.77. The number of anilines is 1. The lowest BCUT2D eigenvalue weighted by Gasteiger charge is -2.12. The molecule has 0 bridgehead atoms. The molecule has 0 spiro atoms. The molecule has 0 saturated carbocycles. The molecule has 0 aromatic carbocycles. The second kappa shape index (κ2) is 6.35. The van der Waals surface area contributed by atoms with Gasteiger partial charge in [-0.05, 0) is 43.6 Å². The van der Waals surface area contributed by atoms with Crippen LogP contribution in [0.25, 0.3) is 0 Å². The Morgan fingerprint density at radius 2 is 2.00 bits per heavy atom. The highest BCUT2D eigenvalue weighted by atomic mass is 79.9. The smallest absolute Gasteiger partial charge is 0.343 e. The van der Waals surface area contributed by atoms with Crippen LogP contribution in [0.2, 0.25) is 0 Å². The molecule has 7 nitrogen and oxygen atoms in total. The highest BCUT2D eigenvalue weighted by Crippen LogP contribution is 2.28. The Morgan fingerprint density at radius 1 is 1.32 bits per heavy atom. The van der Waals surface area contributed by atoms with Gasteiger partial charge >= 0.3 is 5.97 Å². The number of ether oxygens (including phenoxy) is 1. The van der Waals surface area contributed by atoms with E-state index in [1.807, 2.05) is 0 Å². The summed E-state index contributed by atoms with van der Waals surface area (Å²) in [5.41, 5.74) is 0.904. The number of aryl methyl sites for hydroxylation is 3. The number of aromatic nitrogens is 1. The molecule has 2 rings (SSSR count). The van der Waals surface area contributed by atoms with E-state index in [2.05, 4.69) is 26.4 Å². The molecule has 2 aromatic heterocycles. The average Bonchev–Trinajstić information content (AvgIpc) is 2.93. The number of esters is 1. The van der Waals surface area contributed by atoms with Crippen LogP contribution in [0.1, 0.15) is 34.5 Å². The third-order valence-electron chi connectivity index (χ3n) is 2.92. The summed E-state index contributed by atoms with van der Waals surface area (Å²) in [5, 5.41) is 6.12. The van der Waals surface area contributed by atoms with E-state index >= 15 is 0 Å². The summed E-state index contributed by atoms with van der Waals surface area (Å²) in [6.07, 6.45) is -1.00. The van der Waals surface area contributed by atoms with Crippen molar-refractivity contribution in [2.45, 2.75) is 33.8 Å². The van der Waals surface area contributed by atoms with Crippen molar-refractivity contribution in [3.8, 4) is 0 Å². The molecular weight excluding hydrogens is 356 g/mol. The first kappa shape index (κ1) is 16.3. The van der Waals surface area contributed by atoms with Crippen LogP contribution in [0.15, 0.2) is 19.5 Å². The maximum Gasteiger partial charge on any atom is 0.343 e. The molecule has 1 atom stereocenters. The highest BCUT2D eigenvalue weighted by molar-refractivity contribution is 9.10. The molecule has 22 heavy (non-hydrogen) atoms. The van der Waals surface area contributed by atoms with E-state index in [0.29, 0.717) is 21.7 Å². The van der Waals surface area contributed by atoms with Gasteiger partial charge in [0.15, 0.2) is 6.10 Å². The van der Waals surface area contributed by atoms with E-state index in [9.17, 15) is 9.59 Å². The molecular formula is C14H15BrN2O5. The molecule has 118 valence electrons. The zero-order chi connectivity index (χ0) is 16.4. The van der Waals surface area contributed by atoms with E-state index in [0.717, 1.165) is 0 Å². The minimum absolute atomic E-state index is 0.196. The number of nitrogens with zero attached hydrogens (tertiary/aromatic N) is 1. The van der Waals surface area contributed by atoms with Gasteiger partial charge in [0.05, 0.1) is 10.2 Å². The number of furan rings is 1. The van der Waals surface area contributed by atoms with E-state index in [4.69, 9.17) is 13.7 Å². The maximum atomic E-state index is 12.1. The minimum Gasteiger partial charge on any atom is -0.465 e. The largest absolute Gasteiger partial charge is 0.465 e. The first-order chi connectivity index (χ1) is 10.3. The summed E-state index contributed by atoms with van der Waals surface area (Å²) in [5.74, 6) is 0.0320. The minimum atomic E-state index is -1.00. The Bertz CT molecular complexity index is 719. The van der Waals surface area contributed by atoms with Crippen LogP contribution in [0.4, 0.5) is 5.88 Å². The quantitative estimate of drug-likeness (QED) is 0.830. The van der Waals surface area contributed by atoms with Gasteiger partial charge in [-0.15, -0.1) is 0 Å². The Hall–Kier alpha value is -2.09. The van der Waals surface area contributed by atoms with Crippen molar-refractivity contribution in [1.82, 2.24) is 5.16 Å². The monoisotopic (exact) mass is 370 g/mol. The molecule has 1 amide bonds. The van der Waals surface area contributed by atoms with Crippen LogP contribution in [-0.2, 0) is 9.53 Å². The van der Waals surface area contributed by atoms with Crippen molar-refractivity contribution < 1.29 is 23.3 Å². The SMILES string of the molecule is Cc1cc(NC(=O)C(C)OC(=O)c2c(C)oc(C)c2Br)on1. The molecule has 0 aliphatic carbocycles. The Balaban J connectivity index is 2.03. The fraction of sp³-hybridized carbons (Fsp3) is 0.357. The third-order valence-corrected chi connectivity index (χ3v) is 3.87. The van der Waals surface area contributed by atoms with Gasteiger partial charge in [0.2, 0.25) is 5.88 Å². The Labute approximate surface area is 135 Å². The normalized spacial score (nSPS) is 12.0. The van der Waals surface area contributed by atoms with Crippen LogP contribution in [0.3, 0.4) is 0 Å². The molecule has 1 N–H and O–H groups in total. The maximum absolute atomic E-state index is 12.1. The lowest BCUT2D eigenvalue weighted by molar-refractivity contribution is -0.123. The van der Waals surface area contributed by atoms with Crippen LogP contribution in [0, 0.1) is 20.8 Å². The van der Waals surface area contributed by atoms with Gasteiger partial charge in [-0.1, -0.05) is 5.16 Å². The number of carbonyl (C=O) groups excluding carboxylic acids is 2. The fourth-order valence-corrected chi connectivity index (χ4v) is 2.33. The molecule has 1 unspecified atom stereocenters. The lowest BCUT2D eigenvalue weighted by atomic mass is 10.2. The molecule has 2 aromatic rings. The number of nitrogens with one attached hydrogen (secondary N) is 1. The highest BCUT2D eigenvalue weighted by Gasteiger charge is 2.25. The molecule has 0 radical (unpaired) electrons. The van der Waals surface area contributed by atoms with E-state index in [1.165, 1.54) is 6.92 Å². The predicted octanol–water partition coefficient (Wildman–Crippen LogP) is 3.14. The van der Waals surface area contributed by atoms with Crippen molar-refractivity contribution in [2.75, 3.05) is 5.32 Å². The number of hydrogen-bond acceptors (Lipinski definition) is 6. The van der Waals surface area contributed by atoms with Gasteiger partial charge in [-0.25, -0.2) is 4.79 Å². The summed E-state index contributed by atoms with van der Waals surface area (Å²) in [4.78, 5) is 24.1. The summed E-state index contributed by atoms with van der Waals surface area (Å²) in [6, 6.07) is 1.56. The standard InChI is InChI=1S/C14H15BrN2O5/c1-6-5-10(22-17-6)16-13(18)9(4)21-14(19)11-7(2)20-8(3)12(11)15/h5,9H,1-4H3,(H,16,18). The van der Waals surface area contributed by atoms with E-state index in [-0.39, 0.29) is 11.4 Å². The van der Waals surface area contributed by atoms with E-state index in [1.54, 1.807) is 26.8 Å². The van der Waals surface area contributed by atoms with Crippen LogP contribution < -0.4 is 5.32 Å². The molecule has 0 aliphatic heterocycles. The Morgan fingerprint density at radius 3 is 2.50 bits per heavy atom. The van der Waals surface area contributed by atoms with Crippen molar-refractivity contribution in [3.05, 3.63) is 33.3 Å². The summed E-state index contributed by atoms with van der Waals surface area (Å²) in [7, 11) is 0. The Kier molecular flexibility index (Phi) is 4.70. The van der Waals surface area contributed by atoms with Crippen LogP contribution in [0.5, 0.6) is 0 Å². The van der Waals surface area contributed by atoms with Crippen molar-refractivity contribution in [3.63, 3.8) is 0 Å². The van der Waals surface area contributed by atoms with Crippen LogP contribution >= 0.6 is 15.9 Å². The summed E-state index contributed by atoms with van der Waals surface area (Å²) >= 11 is 3.27. The van der Waals surface area contributed by atoms with Gasteiger partial charge in [0.1, 0.15) is 17.1 Å². The fourth-order valence-electron chi connectivity index (χ4n) is 1.81. The molecule has 0 fully saturated rings. The number of hydrogen-bond donors (Lipinski definition) is 1. The van der Waals surface area contributed by atoms with Crippen molar-refractivity contribution in [2.24, 2.45) is 0 Å². The molecule has 0 aliphatic rings. The van der Waals surface area contributed by atoms with Crippen LogP contribution in [-0.4, -0.2) is 23.1 Å².